The number of hydrogen-bond acceptors (Lipinski definition) is 5. The molecule has 3 aromatic heterocycles. The van der Waals surface area contributed by atoms with Gasteiger partial charge in [-0.2, -0.15) is 0 Å². The first-order chi connectivity index (χ1) is 23.7. The van der Waals surface area contributed by atoms with Crippen LogP contribution in [0, 0.1) is 0 Å². The molecule has 0 bridgehead atoms. The van der Waals surface area contributed by atoms with Gasteiger partial charge < -0.3 is 8.83 Å². The van der Waals surface area contributed by atoms with Gasteiger partial charge in [0.15, 0.2) is 17.5 Å². The summed E-state index contributed by atoms with van der Waals surface area (Å²) in [5.41, 5.74) is 8.45. The highest BCUT2D eigenvalue weighted by Gasteiger charge is 2.18. The molecule has 10 aromatic rings. The average molecular weight is 616 g/mol. The fourth-order valence-corrected chi connectivity index (χ4v) is 6.77. The Balaban J connectivity index is 1.16. The molecule has 0 spiro atoms. The third-order valence-electron chi connectivity index (χ3n) is 9.10. The predicted octanol–water partition coefficient (Wildman–Crippen LogP) is 11.5. The van der Waals surface area contributed by atoms with E-state index in [1.54, 1.807) is 0 Å². The summed E-state index contributed by atoms with van der Waals surface area (Å²) in [6.07, 6.45) is 0. The summed E-state index contributed by atoms with van der Waals surface area (Å²) >= 11 is 0. The molecule has 48 heavy (non-hydrogen) atoms. The molecule has 0 radical (unpaired) electrons. The SMILES string of the molecule is c1ccc(-c2nc(-c3ccccc3)nc(-c3cccc4oc5cc6ccc(-c7ccc8oc9ccccc9c8c7)cc6cc5c34)n2)cc1. The van der Waals surface area contributed by atoms with Crippen LogP contribution in [0.1, 0.15) is 0 Å². The first-order valence-corrected chi connectivity index (χ1v) is 15.9. The Morgan fingerprint density at radius 1 is 0.333 bits per heavy atom. The van der Waals surface area contributed by atoms with Crippen LogP contribution >= 0.6 is 0 Å². The van der Waals surface area contributed by atoms with Gasteiger partial charge in [-0.1, -0.05) is 109 Å². The molecule has 0 saturated carbocycles. The van der Waals surface area contributed by atoms with Crippen molar-refractivity contribution >= 4 is 54.6 Å². The Labute approximate surface area is 274 Å². The number of fused-ring (bicyclic) bond motifs is 7. The van der Waals surface area contributed by atoms with Crippen LogP contribution in [0.5, 0.6) is 0 Å². The number of furan rings is 2. The number of rotatable bonds is 4. The van der Waals surface area contributed by atoms with E-state index < -0.39 is 0 Å². The lowest BCUT2D eigenvalue weighted by atomic mass is 9.98. The summed E-state index contributed by atoms with van der Waals surface area (Å²) in [7, 11) is 0. The summed E-state index contributed by atoms with van der Waals surface area (Å²) in [4.78, 5) is 14.9. The minimum atomic E-state index is 0.602. The fraction of sp³-hybridized carbons (Fsp3) is 0. The molecule has 3 heterocycles. The number of para-hydroxylation sites is 1. The molecular weight excluding hydrogens is 590 g/mol. The molecule has 5 nitrogen and oxygen atoms in total. The monoisotopic (exact) mass is 615 g/mol. The molecule has 0 aliphatic rings. The number of nitrogens with zero attached hydrogens (tertiary/aromatic N) is 3. The zero-order valence-electron chi connectivity index (χ0n) is 25.6. The van der Waals surface area contributed by atoms with Crippen LogP contribution in [-0.4, -0.2) is 15.0 Å². The van der Waals surface area contributed by atoms with Crippen molar-refractivity contribution in [1.82, 2.24) is 15.0 Å². The molecule has 0 aliphatic heterocycles. The van der Waals surface area contributed by atoms with Crippen molar-refractivity contribution in [1.29, 1.82) is 0 Å². The minimum Gasteiger partial charge on any atom is -0.456 e. The Kier molecular flexibility index (Phi) is 5.81. The van der Waals surface area contributed by atoms with Crippen LogP contribution in [-0.2, 0) is 0 Å². The molecule has 0 aliphatic carbocycles. The summed E-state index contributed by atoms with van der Waals surface area (Å²) in [6.45, 7) is 0. The van der Waals surface area contributed by atoms with Gasteiger partial charge in [-0.3, -0.25) is 0 Å². The number of benzene rings is 7. The molecule has 0 unspecified atom stereocenters. The fourth-order valence-electron chi connectivity index (χ4n) is 6.77. The number of aromatic nitrogens is 3. The van der Waals surface area contributed by atoms with Gasteiger partial charge in [0, 0.05) is 38.2 Å². The minimum absolute atomic E-state index is 0.602. The second-order valence-corrected chi connectivity index (χ2v) is 12.0. The van der Waals surface area contributed by atoms with E-state index in [4.69, 9.17) is 23.8 Å². The third kappa shape index (κ3) is 4.29. The third-order valence-corrected chi connectivity index (χ3v) is 9.10. The van der Waals surface area contributed by atoms with E-state index in [-0.39, 0.29) is 0 Å². The Morgan fingerprint density at radius 3 is 1.75 bits per heavy atom. The van der Waals surface area contributed by atoms with Gasteiger partial charge in [0.1, 0.15) is 22.3 Å². The zero-order valence-corrected chi connectivity index (χ0v) is 25.6. The molecule has 10 rings (SSSR count). The van der Waals surface area contributed by atoms with Crippen molar-refractivity contribution in [3.63, 3.8) is 0 Å². The Bertz CT molecular complexity index is 2780. The van der Waals surface area contributed by atoms with Crippen molar-refractivity contribution in [3.8, 4) is 45.3 Å². The largest absolute Gasteiger partial charge is 0.456 e. The maximum absolute atomic E-state index is 6.47. The summed E-state index contributed by atoms with van der Waals surface area (Å²) in [5.74, 6) is 1.86. The van der Waals surface area contributed by atoms with Crippen molar-refractivity contribution < 1.29 is 8.83 Å². The summed E-state index contributed by atoms with van der Waals surface area (Å²) < 4.78 is 12.5. The lowest BCUT2D eigenvalue weighted by Crippen LogP contribution is -2.00. The lowest BCUT2D eigenvalue weighted by Gasteiger charge is -2.09. The van der Waals surface area contributed by atoms with E-state index in [0.29, 0.717) is 17.5 Å². The van der Waals surface area contributed by atoms with Crippen LogP contribution in [0.25, 0.3) is 99.9 Å². The predicted molar refractivity (Wildman–Crippen MR) is 194 cm³/mol. The van der Waals surface area contributed by atoms with E-state index in [2.05, 4.69) is 66.7 Å². The average Bonchev–Trinajstić information content (AvgIpc) is 3.71. The quantitative estimate of drug-likeness (QED) is 0.197. The Hall–Kier alpha value is -6.59. The van der Waals surface area contributed by atoms with Gasteiger partial charge in [-0.15, -0.1) is 0 Å². The first kappa shape index (κ1) is 26.6. The maximum atomic E-state index is 6.47. The maximum Gasteiger partial charge on any atom is 0.164 e. The molecule has 0 N–H and O–H groups in total. The van der Waals surface area contributed by atoms with Crippen molar-refractivity contribution in [3.05, 3.63) is 152 Å². The summed E-state index contributed by atoms with van der Waals surface area (Å²) in [6, 6.07) is 51.7. The molecular formula is C43H25N3O2. The van der Waals surface area contributed by atoms with E-state index in [0.717, 1.165) is 82.5 Å². The molecule has 7 aromatic carbocycles. The van der Waals surface area contributed by atoms with Crippen molar-refractivity contribution in [2.45, 2.75) is 0 Å². The highest BCUT2D eigenvalue weighted by molar-refractivity contribution is 6.15. The molecule has 224 valence electrons. The molecule has 0 amide bonds. The second-order valence-electron chi connectivity index (χ2n) is 12.0. The highest BCUT2D eigenvalue weighted by atomic mass is 16.3. The van der Waals surface area contributed by atoms with Gasteiger partial charge in [0.25, 0.3) is 0 Å². The van der Waals surface area contributed by atoms with Crippen LogP contribution in [0.15, 0.2) is 160 Å². The van der Waals surface area contributed by atoms with Crippen molar-refractivity contribution in [2.24, 2.45) is 0 Å². The van der Waals surface area contributed by atoms with Gasteiger partial charge in [-0.25, -0.2) is 15.0 Å². The van der Waals surface area contributed by atoms with Crippen molar-refractivity contribution in [2.75, 3.05) is 0 Å². The van der Waals surface area contributed by atoms with Gasteiger partial charge in [-0.05, 0) is 64.4 Å². The van der Waals surface area contributed by atoms with Crippen LogP contribution in [0.3, 0.4) is 0 Å². The molecule has 5 heteroatoms. The topological polar surface area (TPSA) is 65.0 Å². The molecule has 0 atom stereocenters. The van der Waals surface area contributed by atoms with E-state index in [9.17, 15) is 0 Å². The van der Waals surface area contributed by atoms with Gasteiger partial charge in [0.05, 0.1) is 0 Å². The smallest absolute Gasteiger partial charge is 0.164 e. The van der Waals surface area contributed by atoms with Gasteiger partial charge >= 0.3 is 0 Å². The van der Waals surface area contributed by atoms with Crippen LogP contribution in [0.4, 0.5) is 0 Å². The van der Waals surface area contributed by atoms with Gasteiger partial charge in [0.2, 0.25) is 0 Å². The van der Waals surface area contributed by atoms with E-state index in [1.165, 1.54) is 0 Å². The lowest BCUT2D eigenvalue weighted by molar-refractivity contribution is 0.669. The van der Waals surface area contributed by atoms with E-state index >= 15 is 0 Å². The van der Waals surface area contributed by atoms with Crippen LogP contribution in [0.2, 0.25) is 0 Å². The second kappa shape index (κ2) is 10.5. The number of hydrogen-bond donors (Lipinski definition) is 0. The zero-order chi connectivity index (χ0) is 31.6. The molecule has 0 saturated heterocycles. The first-order valence-electron chi connectivity index (χ1n) is 15.9. The molecule has 0 fully saturated rings. The highest BCUT2D eigenvalue weighted by Crippen LogP contribution is 2.39. The summed E-state index contributed by atoms with van der Waals surface area (Å²) in [5, 5.41) is 6.48. The van der Waals surface area contributed by atoms with E-state index in [1.807, 2.05) is 84.9 Å². The standard InChI is InChI=1S/C43H25N3O2/c1-3-10-26(11-4-1)41-44-42(27-12-5-2-6-13-27)46-43(45-41)33-15-9-17-38-40(33)35-24-31-22-28(18-19-30(31)25-39(35)48-38)29-20-21-37-34(23-29)32-14-7-8-16-36(32)47-37/h1-25H. The Morgan fingerprint density at radius 2 is 0.958 bits per heavy atom. The van der Waals surface area contributed by atoms with Crippen LogP contribution < -0.4 is 0 Å². The normalized spacial score (nSPS) is 11.8.